The summed E-state index contributed by atoms with van der Waals surface area (Å²) in [4.78, 5) is 6.61. The first-order valence-electron chi connectivity index (χ1n) is 7.08. The molecule has 0 bridgehead atoms. The van der Waals surface area contributed by atoms with Gasteiger partial charge in [-0.3, -0.25) is 0 Å². The quantitative estimate of drug-likeness (QED) is 0.780. The van der Waals surface area contributed by atoms with E-state index in [4.69, 9.17) is 14.7 Å². The molecule has 20 heavy (non-hydrogen) atoms. The highest BCUT2D eigenvalue weighted by molar-refractivity contribution is 5.43. The lowest BCUT2D eigenvalue weighted by atomic mass is 9.93. The van der Waals surface area contributed by atoms with Crippen LogP contribution < -0.4 is 4.90 Å². The van der Waals surface area contributed by atoms with Gasteiger partial charge in [0.1, 0.15) is 23.2 Å². The van der Waals surface area contributed by atoms with E-state index in [9.17, 15) is 0 Å². The van der Waals surface area contributed by atoms with Crippen molar-refractivity contribution in [3.8, 4) is 6.07 Å². The van der Waals surface area contributed by atoms with Crippen molar-refractivity contribution >= 4 is 5.82 Å². The molecule has 0 amide bonds. The molecule has 5 nitrogen and oxygen atoms in total. The zero-order chi connectivity index (χ0) is 14.0. The van der Waals surface area contributed by atoms with Crippen molar-refractivity contribution in [3.63, 3.8) is 0 Å². The zero-order valence-electron chi connectivity index (χ0n) is 11.7. The van der Waals surface area contributed by atoms with E-state index in [-0.39, 0.29) is 11.7 Å². The summed E-state index contributed by atoms with van der Waals surface area (Å²) in [7, 11) is 0. The molecule has 2 aliphatic rings. The average Bonchev–Trinajstić information content (AvgIpc) is 2.47. The Balaban J connectivity index is 1.83. The lowest BCUT2D eigenvalue weighted by Crippen LogP contribution is -2.58. The van der Waals surface area contributed by atoms with Crippen molar-refractivity contribution in [2.75, 3.05) is 31.2 Å². The van der Waals surface area contributed by atoms with Crippen molar-refractivity contribution in [1.82, 2.24) is 4.98 Å². The first kappa shape index (κ1) is 13.3. The molecule has 0 aliphatic carbocycles. The highest BCUT2D eigenvalue weighted by Gasteiger charge is 2.41. The van der Waals surface area contributed by atoms with Crippen molar-refractivity contribution in [2.24, 2.45) is 0 Å². The summed E-state index contributed by atoms with van der Waals surface area (Å²) in [5.74, 6) is 0.851. The zero-order valence-corrected chi connectivity index (χ0v) is 11.7. The molecule has 0 radical (unpaired) electrons. The molecule has 0 saturated carbocycles. The van der Waals surface area contributed by atoms with Gasteiger partial charge >= 0.3 is 0 Å². The highest BCUT2D eigenvalue weighted by Crippen LogP contribution is 2.31. The number of hydrogen-bond donors (Lipinski definition) is 0. The summed E-state index contributed by atoms with van der Waals surface area (Å²) in [6, 6.07) is 7.66. The van der Waals surface area contributed by atoms with E-state index in [1.54, 1.807) is 6.07 Å². The maximum atomic E-state index is 8.98. The molecule has 1 aromatic heterocycles. The smallest absolute Gasteiger partial charge is 0.142 e. The lowest BCUT2D eigenvalue weighted by molar-refractivity contribution is -0.160. The van der Waals surface area contributed by atoms with Crippen LogP contribution in [0.25, 0.3) is 0 Å². The molecule has 2 fully saturated rings. The van der Waals surface area contributed by atoms with Gasteiger partial charge in [0.25, 0.3) is 0 Å². The van der Waals surface area contributed by atoms with Crippen LogP contribution in [0, 0.1) is 11.3 Å². The first-order valence-corrected chi connectivity index (χ1v) is 7.08. The summed E-state index contributed by atoms with van der Waals surface area (Å²) in [5, 5.41) is 8.98. The van der Waals surface area contributed by atoms with E-state index < -0.39 is 0 Å². The minimum absolute atomic E-state index is 0.137. The summed E-state index contributed by atoms with van der Waals surface area (Å²) >= 11 is 0. The van der Waals surface area contributed by atoms with Crippen LogP contribution in [0.4, 0.5) is 5.82 Å². The van der Waals surface area contributed by atoms with Crippen LogP contribution in [0.3, 0.4) is 0 Å². The van der Waals surface area contributed by atoms with Gasteiger partial charge in [-0.25, -0.2) is 4.98 Å². The Morgan fingerprint density at radius 3 is 3.15 bits per heavy atom. The second-order valence-electron chi connectivity index (χ2n) is 5.64. The number of ether oxygens (including phenoxy) is 2. The number of anilines is 1. The number of aromatic nitrogens is 1. The van der Waals surface area contributed by atoms with Crippen molar-refractivity contribution in [1.29, 1.82) is 5.26 Å². The molecule has 0 aromatic carbocycles. The predicted molar refractivity (Wildman–Crippen MR) is 74.5 cm³/mol. The summed E-state index contributed by atoms with van der Waals surface area (Å²) < 4.78 is 11.8. The number of morpholine rings is 1. The third-order valence-corrected chi connectivity index (χ3v) is 3.87. The fraction of sp³-hybridized carbons (Fsp3) is 0.600. The minimum atomic E-state index is -0.222. The average molecular weight is 273 g/mol. The molecular formula is C15H19N3O2. The minimum Gasteiger partial charge on any atom is -0.378 e. The van der Waals surface area contributed by atoms with Gasteiger partial charge in [-0.05, 0) is 31.9 Å². The third-order valence-electron chi connectivity index (χ3n) is 3.87. The van der Waals surface area contributed by atoms with Crippen LogP contribution in [-0.2, 0) is 9.47 Å². The fourth-order valence-electron chi connectivity index (χ4n) is 3.10. The van der Waals surface area contributed by atoms with Crippen molar-refractivity contribution < 1.29 is 9.47 Å². The van der Waals surface area contributed by atoms with E-state index >= 15 is 0 Å². The van der Waals surface area contributed by atoms with Crippen LogP contribution in [0.5, 0.6) is 0 Å². The first-order chi connectivity index (χ1) is 9.71. The van der Waals surface area contributed by atoms with Crippen LogP contribution >= 0.6 is 0 Å². The van der Waals surface area contributed by atoms with Gasteiger partial charge in [-0.2, -0.15) is 5.26 Å². The molecule has 0 N–H and O–H groups in total. The number of hydrogen-bond acceptors (Lipinski definition) is 5. The fourth-order valence-corrected chi connectivity index (χ4v) is 3.10. The standard InChI is InChI=1S/C15H19N3O2/c1-12-9-18(14-5-2-4-13(8-16)17-14)10-15(20-12)6-3-7-19-11-15/h2,4-5,12H,3,6-7,9-11H2,1H3/t12-,15+/m1/s1. The molecular weight excluding hydrogens is 254 g/mol. The van der Waals surface area contributed by atoms with Gasteiger partial charge < -0.3 is 14.4 Å². The van der Waals surface area contributed by atoms with Crippen LogP contribution in [0.1, 0.15) is 25.5 Å². The van der Waals surface area contributed by atoms with E-state index in [0.29, 0.717) is 12.3 Å². The molecule has 2 aliphatic heterocycles. The highest BCUT2D eigenvalue weighted by atomic mass is 16.6. The maximum absolute atomic E-state index is 8.98. The van der Waals surface area contributed by atoms with E-state index in [0.717, 1.165) is 38.4 Å². The Hall–Kier alpha value is -1.64. The SMILES string of the molecule is C[C@@H]1CN(c2cccc(C#N)n2)C[C@]2(CCCOC2)O1. The Labute approximate surface area is 119 Å². The van der Waals surface area contributed by atoms with Crippen molar-refractivity contribution in [2.45, 2.75) is 31.5 Å². The molecule has 106 valence electrons. The summed E-state index contributed by atoms with van der Waals surface area (Å²) in [6.07, 6.45) is 2.19. The van der Waals surface area contributed by atoms with Gasteiger partial charge in [0.2, 0.25) is 0 Å². The Morgan fingerprint density at radius 2 is 2.40 bits per heavy atom. The molecule has 2 saturated heterocycles. The molecule has 1 aromatic rings. The predicted octanol–water partition coefficient (Wildman–Crippen LogP) is 1.73. The van der Waals surface area contributed by atoms with Crippen LogP contribution in [0.2, 0.25) is 0 Å². The summed E-state index contributed by atoms with van der Waals surface area (Å²) in [6.45, 7) is 5.12. The summed E-state index contributed by atoms with van der Waals surface area (Å²) in [5.41, 5.74) is 0.232. The van der Waals surface area contributed by atoms with Gasteiger partial charge in [-0.1, -0.05) is 6.07 Å². The lowest BCUT2D eigenvalue weighted by Gasteiger charge is -2.47. The van der Waals surface area contributed by atoms with Gasteiger partial charge in [0, 0.05) is 13.2 Å². The number of nitriles is 1. The van der Waals surface area contributed by atoms with E-state index in [1.165, 1.54) is 0 Å². The molecule has 2 atom stereocenters. The Morgan fingerprint density at radius 1 is 1.50 bits per heavy atom. The monoisotopic (exact) mass is 273 g/mol. The van der Waals surface area contributed by atoms with Crippen LogP contribution in [-0.4, -0.2) is 43.0 Å². The second-order valence-corrected chi connectivity index (χ2v) is 5.64. The molecule has 5 heteroatoms. The number of pyridine rings is 1. The van der Waals surface area contributed by atoms with Gasteiger partial charge in [0.05, 0.1) is 19.3 Å². The topological polar surface area (TPSA) is 58.4 Å². The number of rotatable bonds is 1. The van der Waals surface area contributed by atoms with Gasteiger partial charge in [-0.15, -0.1) is 0 Å². The van der Waals surface area contributed by atoms with E-state index in [2.05, 4.69) is 22.9 Å². The second kappa shape index (κ2) is 5.39. The van der Waals surface area contributed by atoms with Crippen molar-refractivity contribution in [3.05, 3.63) is 23.9 Å². The molecule has 3 heterocycles. The van der Waals surface area contributed by atoms with Crippen LogP contribution in [0.15, 0.2) is 18.2 Å². The maximum Gasteiger partial charge on any atom is 0.142 e. The normalized spacial score (nSPS) is 30.2. The third kappa shape index (κ3) is 2.62. The van der Waals surface area contributed by atoms with E-state index in [1.807, 2.05) is 12.1 Å². The number of nitrogens with zero attached hydrogens (tertiary/aromatic N) is 3. The van der Waals surface area contributed by atoms with Gasteiger partial charge in [0.15, 0.2) is 0 Å². The Kier molecular flexibility index (Phi) is 3.60. The largest absolute Gasteiger partial charge is 0.378 e. The molecule has 1 spiro atoms. The Bertz CT molecular complexity index is 520. The molecule has 0 unspecified atom stereocenters. The molecule has 3 rings (SSSR count).